The Balaban J connectivity index is 2.02. The van der Waals surface area contributed by atoms with E-state index in [1.165, 1.54) is 0 Å². The number of aromatic amines is 1. The van der Waals surface area contributed by atoms with E-state index in [4.69, 9.17) is 12.2 Å². The van der Waals surface area contributed by atoms with Gasteiger partial charge in [-0.15, -0.1) is 6.42 Å². The van der Waals surface area contributed by atoms with Crippen molar-refractivity contribution in [2.45, 2.75) is 38.3 Å². The number of amides is 1. The Kier molecular flexibility index (Phi) is 5.02. The molecule has 2 aromatic rings. The van der Waals surface area contributed by atoms with Crippen LogP contribution in [0.1, 0.15) is 25.3 Å². The molecule has 2 atom stereocenters. The maximum Gasteiger partial charge on any atom is 0.238 e. The minimum Gasteiger partial charge on any atom is -0.361 e. The summed E-state index contributed by atoms with van der Waals surface area (Å²) in [6.45, 7) is 2.03. The van der Waals surface area contributed by atoms with Crippen molar-refractivity contribution in [3.05, 3.63) is 36.0 Å². The normalized spacial score (nSPS) is 13.6. The van der Waals surface area contributed by atoms with E-state index in [9.17, 15) is 4.79 Å². The van der Waals surface area contributed by atoms with Crippen LogP contribution in [0.15, 0.2) is 30.5 Å². The largest absolute Gasteiger partial charge is 0.361 e. The average molecular weight is 283 g/mol. The predicted octanol–water partition coefficient (Wildman–Crippen LogP) is 1.96. The second-order valence-electron chi connectivity index (χ2n) is 5.19. The minimum absolute atomic E-state index is 0.198. The first-order valence-electron chi connectivity index (χ1n) is 7.22. The topological polar surface area (TPSA) is 70.9 Å². The van der Waals surface area contributed by atoms with Gasteiger partial charge in [0.1, 0.15) is 0 Å². The van der Waals surface area contributed by atoms with E-state index < -0.39 is 6.04 Å². The molecule has 4 nitrogen and oxygen atoms in total. The standard InChI is InChI=1S/C17H21N3O/c1-3-7-13(4-2)20-17(21)15(18)10-12-11-19-16-9-6-5-8-14(12)16/h2,5-6,8-9,11,13,15,19H,3,7,10,18H2,1H3,(H,20,21). The van der Waals surface area contributed by atoms with Crippen molar-refractivity contribution in [3.63, 3.8) is 0 Å². The molecule has 2 rings (SSSR count). The highest BCUT2D eigenvalue weighted by Crippen LogP contribution is 2.18. The van der Waals surface area contributed by atoms with E-state index in [1.54, 1.807) is 0 Å². The summed E-state index contributed by atoms with van der Waals surface area (Å²) in [6.07, 6.45) is 9.49. The van der Waals surface area contributed by atoms with Crippen molar-refractivity contribution in [3.8, 4) is 12.3 Å². The Hall–Kier alpha value is -2.25. The lowest BCUT2D eigenvalue weighted by Crippen LogP contribution is -2.46. The molecule has 1 heterocycles. The molecule has 4 N–H and O–H groups in total. The predicted molar refractivity (Wildman–Crippen MR) is 85.6 cm³/mol. The summed E-state index contributed by atoms with van der Waals surface area (Å²) in [4.78, 5) is 15.3. The molecule has 21 heavy (non-hydrogen) atoms. The van der Waals surface area contributed by atoms with Gasteiger partial charge in [0.15, 0.2) is 0 Å². The van der Waals surface area contributed by atoms with Crippen molar-refractivity contribution in [1.82, 2.24) is 10.3 Å². The SMILES string of the molecule is C#CC(CCC)NC(=O)C(N)Cc1c[nH]c2ccccc12. The monoisotopic (exact) mass is 283 g/mol. The van der Waals surface area contributed by atoms with E-state index in [2.05, 4.69) is 16.2 Å². The molecule has 0 aliphatic carbocycles. The molecule has 0 spiro atoms. The maximum atomic E-state index is 12.1. The smallest absolute Gasteiger partial charge is 0.238 e. The number of benzene rings is 1. The molecule has 0 saturated heterocycles. The lowest BCUT2D eigenvalue weighted by atomic mass is 10.0. The van der Waals surface area contributed by atoms with Gasteiger partial charge >= 0.3 is 0 Å². The Morgan fingerprint density at radius 1 is 1.48 bits per heavy atom. The first-order valence-corrected chi connectivity index (χ1v) is 7.22. The fourth-order valence-electron chi connectivity index (χ4n) is 2.39. The molecule has 2 unspecified atom stereocenters. The van der Waals surface area contributed by atoms with Crippen molar-refractivity contribution in [1.29, 1.82) is 0 Å². The molecular weight excluding hydrogens is 262 g/mol. The van der Waals surface area contributed by atoms with Crippen molar-refractivity contribution in [2.24, 2.45) is 5.73 Å². The van der Waals surface area contributed by atoms with Gasteiger partial charge in [-0.25, -0.2) is 0 Å². The second kappa shape index (κ2) is 6.96. The van der Waals surface area contributed by atoms with Crippen LogP contribution in [0.25, 0.3) is 10.9 Å². The van der Waals surface area contributed by atoms with Crippen LogP contribution in [0.2, 0.25) is 0 Å². The number of hydrogen-bond acceptors (Lipinski definition) is 2. The van der Waals surface area contributed by atoms with E-state index in [1.807, 2.05) is 37.4 Å². The number of nitrogens with one attached hydrogen (secondary N) is 2. The number of terminal acetylenes is 1. The van der Waals surface area contributed by atoms with Crippen LogP contribution in [0.4, 0.5) is 0 Å². The zero-order valence-electron chi connectivity index (χ0n) is 12.2. The number of nitrogens with two attached hydrogens (primary N) is 1. The molecule has 0 aliphatic heterocycles. The molecule has 0 saturated carbocycles. The molecular formula is C17H21N3O. The van der Waals surface area contributed by atoms with E-state index in [0.29, 0.717) is 6.42 Å². The van der Waals surface area contributed by atoms with Gasteiger partial charge in [0.25, 0.3) is 0 Å². The maximum absolute atomic E-state index is 12.1. The highest BCUT2D eigenvalue weighted by atomic mass is 16.2. The van der Waals surface area contributed by atoms with Gasteiger partial charge in [0.05, 0.1) is 12.1 Å². The lowest BCUT2D eigenvalue weighted by Gasteiger charge is -2.16. The molecule has 110 valence electrons. The number of hydrogen-bond donors (Lipinski definition) is 3. The van der Waals surface area contributed by atoms with Gasteiger partial charge in [-0.05, 0) is 24.5 Å². The lowest BCUT2D eigenvalue weighted by molar-refractivity contribution is -0.122. The zero-order valence-corrected chi connectivity index (χ0v) is 12.2. The minimum atomic E-state index is -0.600. The molecule has 0 bridgehead atoms. The van der Waals surface area contributed by atoms with Gasteiger partial charge < -0.3 is 16.0 Å². The Morgan fingerprint density at radius 2 is 2.24 bits per heavy atom. The Labute approximate surface area is 125 Å². The van der Waals surface area contributed by atoms with Crippen LogP contribution < -0.4 is 11.1 Å². The summed E-state index contributed by atoms with van der Waals surface area (Å²) in [7, 11) is 0. The molecule has 0 aliphatic rings. The van der Waals surface area contributed by atoms with Gasteiger partial charge in [0.2, 0.25) is 5.91 Å². The first-order chi connectivity index (χ1) is 10.2. The highest BCUT2D eigenvalue weighted by Gasteiger charge is 2.18. The fourth-order valence-corrected chi connectivity index (χ4v) is 2.39. The Morgan fingerprint density at radius 3 is 2.95 bits per heavy atom. The number of carbonyl (C=O) groups is 1. The summed E-state index contributed by atoms with van der Waals surface area (Å²) in [5.41, 5.74) is 8.10. The van der Waals surface area contributed by atoms with E-state index >= 15 is 0 Å². The van der Waals surface area contributed by atoms with Gasteiger partial charge in [-0.1, -0.05) is 37.5 Å². The molecule has 0 fully saturated rings. The summed E-state index contributed by atoms with van der Waals surface area (Å²) in [5, 5.41) is 3.92. The number of aromatic nitrogens is 1. The number of rotatable bonds is 6. The van der Waals surface area contributed by atoms with Crippen LogP contribution in [0.3, 0.4) is 0 Å². The van der Waals surface area contributed by atoms with Crippen LogP contribution in [0.5, 0.6) is 0 Å². The van der Waals surface area contributed by atoms with Crippen LogP contribution in [0, 0.1) is 12.3 Å². The van der Waals surface area contributed by atoms with E-state index in [-0.39, 0.29) is 11.9 Å². The summed E-state index contributed by atoms with van der Waals surface area (Å²) in [5.74, 6) is 2.39. The van der Waals surface area contributed by atoms with Gasteiger partial charge in [0, 0.05) is 17.1 Å². The van der Waals surface area contributed by atoms with Crippen LogP contribution >= 0.6 is 0 Å². The number of para-hydroxylation sites is 1. The molecule has 1 aromatic carbocycles. The Bertz CT molecular complexity index is 653. The second-order valence-corrected chi connectivity index (χ2v) is 5.19. The van der Waals surface area contributed by atoms with Crippen LogP contribution in [-0.4, -0.2) is 23.0 Å². The molecule has 1 aromatic heterocycles. The third-order valence-electron chi connectivity index (χ3n) is 3.55. The van der Waals surface area contributed by atoms with E-state index in [0.717, 1.165) is 29.3 Å². The number of H-pyrrole nitrogens is 1. The number of fused-ring (bicyclic) bond motifs is 1. The quantitative estimate of drug-likeness (QED) is 0.709. The third-order valence-corrected chi connectivity index (χ3v) is 3.55. The van der Waals surface area contributed by atoms with Crippen molar-refractivity contribution >= 4 is 16.8 Å². The fraction of sp³-hybridized carbons (Fsp3) is 0.353. The summed E-state index contributed by atoms with van der Waals surface area (Å²) in [6, 6.07) is 7.12. The number of carbonyl (C=O) groups excluding carboxylic acids is 1. The molecule has 0 radical (unpaired) electrons. The highest BCUT2D eigenvalue weighted by molar-refractivity contribution is 5.86. The molecule has 4 heteroatoms. The van der Waals surface area contributed by atoms with Gasteiger partial charge in [-0.2, -0.15) is 0 Å². The first kappa shape index (κ1) is 15.1. The van der Waals surface area contributed by atoms with Crippen LogP contribution in [-0.2, 0) is 11.2 Å². The van der Waals surface area contributed by atoms with Crippen molar-refractivity contribution < 1.29 is 4.79 Å². The zero-order chi connectivity index (χ0) is 15.2. The summed E-state index contributed by atoms with van der Waals surface area (Å²) >= 11 is 0. The third kappa shape index (κ3) is 3.65. The molecule has 1 amide bonds. The van der Waals surface area contributed by atoms with Gasteiger partial charge in [-0.3, -0.25) is 4.79 Å². The average Bonchev–Trinajstić information content (AvgIpc) is 2.90. The van der Waals surface area contributed by atoms with Crippen molar-refractivity contribution in [2.75, 3.05) is 0 Å². The summed E-state index contributed by atoms with van der Waals surface area (Å²) < 4.78 is 0.